The van der Waals surface area contributed by atoms with Crippen molar-refractivity contribution in [1.82, 2.24) is 14.3 Å². The molecular weight excluding hydrogens is 495 g/mol. The lowest BCUT2D eigenvalue weighted by Crippen LogP contribution is -2.54. The molecule has 0 amide bonds. The summed E-state index contributed by atoms with van der Waals surface area (Å²) in [6.45, 7) is 0.225. The van der Waals surface area contributed by atoms with E-state index in [1.807, 2.05) is 0 Å². The SMILES string of the molecule is O=C(CCc1cc(-c2ccc(C(F)(F)F)cn2)ccn1)[C@@H]1CCN1S(=O)(=O)c1cc2ccccc2o1. The highest BCUT2D eigenvalue weighted by atomic mass is 32.2. The third-order valence-corrected chi connectivity index (χ3v) is 7.90. The lowest BCUT2D eigenvalue weighted by Gasteiger charge is -2.37. The van der Waals surface area contributed by atoms with Crippen molar-refractivity contribution in [1.29, 1.82) is 0 Å². The van der Waals surface area contributed by atoms with Gasteiger partial charge in [-0.1, -0.05) is 18.2 Å². The first-order valence-corrected chi connectivity index (χ1v) is 12.6. The second-order valence-electron chi connectivity index (χ2n) is 8.46. The highest BCUT2D eigenvalue weighted by Gasteiger charge is 2.43. The quantitative estimate of drug-likeness (QED) is 0.349. The van der Waals surface area contributed by atoms with Crippen molar-refractivity contribution in [3.63, 3.8) is 0 Å². The molecule has 0 bridgehead atoms. The van der Waals surface area contributed by atoms with Gasteiger partial charge in [0.2, 0.25) is 5.09 Å². The number of carbonyl (C=O) groups is 1. The molecular formula is C25H20F3N3O4S. The van der Waals surface area contributed by atoms with Crippen LogP contribution in [-0.2, 0) is 27.4 Å². The Hall–Kier alpha value is -3.57. The van der Waals surface area contributed by atoms with Gasteiger partial charge in [0.05, 0.1) is 17.3 Å². The van der Waals surface area contributed by atoms with Crippen LogP contribution >= 0.6 is 0 Å². The van der Waals surface area contributed by atoms with Crippen LogP contribution in [0.4, 0.5) is 13.2 Å². The van der Waals surface area contributed by atoms with Crippen molar-refractivity contribution in [2.45, 2.75) is 36.6 Å². The number of alkyl halides is 3. The zero-order valence-electron chi connectivity index (χ0n) is 18.8. The maximum Gasteiger partial charge on any atom is 0.417 e. The summed E-state index contributed by atoms with van der Waals surface area (Å²) in [5, 5.41) is 0.465. The van der Waals surface area contributed by atoms with E-state index < -0.39 is 27.8 Å². The van der Waals surface area contributed by atoms with Crippen molar-refractivity contribution in [3.8, 4) is 11.3 Å². The van der Waals surface area contributed by atoms with Gasteiger partial charge >= 0.3 is 6.18 Å². The van der Waals surface area contributed by atoms with E-state index in [-0.39, 0.29) is 30.3 Å². The molecule has 4 heterocycles. The third kappa shape index (κ3) is 4.63. The van der Waals surface area contributed by atoms with Crippen LogP contribution in [0.5, 0.6) is 0 Å². The first-order valence-electron chi connectivity index (χ1n) is 11.1. The summed E-state index contributed by atoms with van der Waals surface area (Å²) >= 11 is 0. The zero-order chi connectivity index (χ0) is 25.5. The van der Waals surface area contributed by atoms with Crippen molar-refractivity contribution in [3.05, 3.63) is 78.2 Å². The van der Waals surface area contributed by atoms with Crippen LogP contribution in [0.3, 0.4) is 0 Å². The van der Waals surface area contributed by atoms with Crippen LogP contribution in [0, 0.1) is 0 Å². The standard InChI is InChI=1S/C25H20F3N3O4S/c26-25(27,28)18-5-7-20(30-15-18)16-9-11-29-19(13-16)6-8-22(32)21-10-12-31(21)36(33,34)24-14-17-3-1-2-4-23(17)35-24/h1-5,7,9,11,13-15,21H,6,8,10,12H2/t21-/m0/s1. The number of ketones is 1. The number of halogens is 3. The molecule has 0 saturated carbocycles. The molecule has 3 aromatic heterocycles. The summed E-state index contributed by atoms with van der Waals surface area (Å²) in [5.74, 6) is -0.235. The van der Waals surface area contributed by atoms with E-state index in [1.165, 1.54) is 18.3 Å². The number of benzene rings is 1. The first kappa shape index (κ1) is 24.1. The number of fused-ring (bicyclic) bond motifs is 1. The van der Waals surface area contributed by atoms with E-state index in [1.54, 1.807) is 36.4 Å². The zero-order valence-corrected chi connectivity index (χ0v) is 19.6. The first-order chi connectivity index (χ1) is 17.1. The molecule has 7 nitrogen and oxygen atoms in total. The van der Waals surface area contributed by atoms with Gasteiger partial charge in [0.15, 0.2) is 5.78 Å². The molecule has 1 fully saturated rings. The largest absolute Gasteiger partial charge is 0.443 e. The van der Waals surface area contributed by atoms with Gasteiger partial charge in [-0.25, -0.2) is 8.42 Å². The molecule has 0 N–H and O–H groups in total. The van der Waals surface area contributed by atoms with E-state index in [0.29, 0.717) is 34.3 Å². The van der Waals surface area contributed by atoms with E-state index in [9.17, 15) is 26.4 Å². The Kier molecular flexibility index (Phi) is 6.13. The minimum absolute atomic E-state index is 0.0632. The molecule has 0 unspecified atom stereocenters. The molecule has 1 aromatic carbocycles. The Morgan fingerprint density at radius 1 is 1.08 bits per heavy atom. The van der Waals surface area contributed by atoms with Crippen molar-refractivity contribution in [2.75, 3.05) is 6.54 Å². The molecule has 0 spiro atoms. The molecule has 1 saturated heterocycles. The van der Waals surface area contributed by atoms with Gasteiger partial charge in [-0.15, -0.1) is 0 Å². The molecule has 36 heavy (non-hydrogen) atoms. The molecule has 1 atom stereocenters. The number of rotatable bonds is 7. The molecule has 4 aromatic rings. The number of hydrogen-bond acceptors (Lipinski definition) is 6. The summed E-state index contributed by atoms with van der Waals surface area (Å²) < 4.78 is 71.1. The van der Waals surface area contributed by atoms with Crippen molar-refractivity contribution < 1.29 is 30.8 Å². The van der Waals surface area contributed by atoms with Crippen LogP contribution in [0.15, 0.2) is 76.5 Å². The number of Topliss-reactive ketones (excluding diaryl/α,β-unsaturated/α-hetero) is 1. The van der Waals surface area contributed by atoms with E-state index in [0.717, 1.165) is 16.6 Å². The maximum absolute atomic E-state index is 13.1. The Balaban J connectivity index is 1.25. The highest BCUT2D eigenvalue weighted by molar-refractivity contribution is 7.89. The number of furan rings is 1. The number of hydrogen-bond donors (Lipinski definition) is 0. The van der Waals surface area contributed by atoms with Crippen molar-refractivity contribution >= 4 is 26.8 Å². The van der Waals surface area contributed by atoms with E-state index in [2.05, 4.69) is 9.97 Å². The number of aryl methyl sites for hydroxylation is 1. The Bertz CT molecular complexity index is 1500. The Morgan fingerprint density at radius 3 is 2.56 bits per heavy atom. The molecule has 11 heteroatoms. The predicted octanol–water partition coefficient (Wildman–Crippen LogP) is 4.87. The number of nitrogens with zero attached hydrogens (tertiary/aromatic N) is 3. The molecule has 1 aliphatic rings. The predicted molar refractivity (Wildman–Crippen MR) is 124 cm³/mol. The Labute approximate surface area is 204 Å². The monoisotopic (exact) mass is 515 g/mol. The number of aromatic nitrogens is 2. The fourth-order valence-corrected chi connectivity index (χ4v) is 5.70. The summed E-state index contributed by atoms with van der Waals surface area (Å²) in [5.41, 5.74) is 1.08. The topological polar surface area (TPSA) is 93.4 Å². The Morgan fingerprint density at radius 2 is 1.89 bits per heavy atom. The van der Waals surface area contributed by atoms with E-state index >= 15 is 0 Å². The minimum Gasteiger partial charge on any atom is -0.443 e. The number of para-hydroxylation sites is 1. The molecule has 0 radical (unpaired) electrons. The normalized spacial score (nSPS) is 16.7. The van der Waals surface area contributed by atoms with Gasteiger partial charge in [-0.2, -0.15) is 17.5 Å². The summed E-state index contributed by atoms with van der Waals surface area (Å²) in [6.07, 6.45) is -1.47. The average molecular weight is 516 g/mol. The van der Waals surface area contributed by atoms with Crippen LogP contribution in [0.1, 0.15) is 24.1 Å². The minimum atomic E-state index is -4.47. The number of pyridine rings is 2. The van der Waals surface area contributed by atoms with Gasteiger partial charge in [-0.05, 0) is 43.2 Å². The fourth-order valence-electron chi connectivity index (χ4n) is 4.10. The van der Waals surface area contributed by atoms with Gasteiger partial charge in [0.1, 0.15) is 5.58 Å². The van der Waals surface area contributed by atoms with Crippen LogP contribution in [0.2, 0.25) is 0 Å². The van der Waals surface area contributed by atoms with Gasteiger partial charge in [0, 0.05) is 48.1 Å². The van der Waals surface area contributed by atoms with Gasteiger partial charge in [0.25, 0.3) is 10.0 Å². The smallest absolute Gasteiger partial charge is 0.417 e. The van der Waals surface area contributed by atoms with Crippen LogP contribution in [0.25, 0.3) is 22.2 Å². The summed E-state index contributed by atoms with van der Waals surface area (Å²) in [4.78, 5) is 21.0. The van der Waals surface area contributed by atoms with Gasteiger partial charge in [-0.3, -0.25) is 14.8 Å². The third-order valence-electron chi connectivity index (χ3n) is 6.14. The maximum atomic E-state index is 13.1. The lowest BCUT2D eigenvalue weighted by atomic mass is 9.98. The fraction of sp³-hybridized carbons (Fsp3) is 0.240. The number of carbonyl (C=O) groups excluding carboxylic acids is 1. The number of sulfonamides is 1. The second kappa shape index (κ2) is 9.14. The lowest BCUT2D eigenvalue weighted by molar-refractivity contribution is -0.137. The highest BCUT2D eigenvalue weighted by Crippen LogP contribution is 2.32. The molecule has 0 aliphatic carbocycles. The van der Waals surface area contributed by atoms with Crippen LogP contribution < -0.4 is 0 Å². The van der Waals surface area contributed by atoms with Crippen LogP contribution in [-0.4, -0.2) is 41.1 Å². The summed E-state index contributed by atoms with van der Waals surface area (Å²) in [6, 6.07) is 13.1. The molecule has 5 rings (SSSR count). The second-order valence-corrected chi connectivity index (χ2v) is 10.3. The van der Waals surface area contributed by atoms with Gasteiger partial charge < -0.3 is 4.42 Å². The van der Waals surface area contributed by atoms with Crippen molar-refractivity contribution in [2.24, 2.45) is 0 Å². The summed E-state index contributed by atoms with van der Waals surface area (Å²) in [7, 11) is -3.96. The van der Waals surface area contributed by atoms with E-state index in [4.69, 9.17) is 4.42 Å². The molecule has 1 aliphatic heterocycles. The average Bonchev–Trinajstić information content (AvgIpc) is 3.27. The molecule has 186 valence electrons.